The molecule has 3 aromatic heterocycles. The number of imidazole rings is 1. The van der Waals surface area contributed by atoms with E-state index in [1.54, 1.807) is 11.8 Å². The molecule has 0 radical (unpaired) electrons. The quantitative estimate of drug-likeness (QED) is 0.374. The SMILES string of the molecule is CSc1nc(NCCc2nc3ccccc3[nH]2)c2c3c(sc2n1)CCCC3. The van der Waals surface area contributed by atoms with Crippen molar-refractivity contribution in [2.24, 2.45) is 0 Å². The van der Waals surface area contributed by atoms with Gasteiger partial charge in [-0.2, -0.15) is 0 Å². The first-order valence-electron chi connectivity index (χ1n) is 9.35. The molecule has 4 aromatic rings. The number of aromatic nitrogens is 4. The zero-order valence-corrected chi connectivity index (χ0v) is 16.8. The van der Waals surface area contributed by atoms with Gasteiger partial charge < -0.3 is 10.3 Å². The van der Waals surface area contributed by atoms with Crippen LogP contribution in [-0.4, -0.2) is 32.7 Å². The maximum Gasteiger partial charge on any atom is 0.190 e. The highest BCUT2D eigenvalue weighted by atomic mass is 32.2. The van der Waals surface area contributed by atoms with Crippen LogP contribution in [-0.2, 0) is 19.3 Å². The molecule has 0 unspecified atom stereocenters. The van der Waals surface area contributed by atoms with Gasteiger partial charge in [0.1, 0.15) is 16.5 Å². The Morgan fingerprint density at radius 1 is 1.15 bits per heavy atom. The second kappa shape index (κ2) is 7.13. The largest absolute Gasteiger partial charge is 0.369 e. The Morgan fingerprint density at radius 2 is 2.04 bits per heavy atom. The van der Waals surface area contributed by atoms with Crippen LogP contribution in [0.4, 0.5) is 5.82 Å². The Kier molecular flexibility index (Phi) is 4.49. The summed E-state index contributed by atoms with van der Waals surface area (Å²) in [7, 11) is 0. The second-order valence-corrected chi connectivity index (χ2v) is 8.68. The molecule has 0 atom stereocenters. The molecule has 1 aromatic carbocycles. The number of para-hydroxylation sites is 2. The maximum absolute atomic E-state index is 4.79. The van der Waals surface area contributed by atoms with Gasteiger partial charge in [0.05, 0.1) is 16.4 Å². The molecule has 0 saturated carbocycles. The van der Waals surface area contributed by atoms with Gasteiger partial charge in [-0.05, 0) is 49.6 Å². The summed E-state index contributed by atoms with van der Waals surface area (Å²) >= 11 is 3.46. The summed E-state index contributed by atoms with van der Waals surface area (Å²) in [6.07, 6.45) is 7.76. The van der Waals surface area contributed by atoms with Crippen molar-refractivity contribution < 1.29 is 0 Å². The van der Waals surface area contributed by atoms with Crippen LogP contribution in [0.3, 0.4) is 0 Å². The molecular formula is C20H21N5S2. The molecule has 138 valence electrons. The normalized spacial score (nSPS) is 14.0. The van der Waals surface area contributed by atoms with Gasteiger partial charge >= 0.3 is 0 Å². The lowest BCUT2D eigenvalue weighted by molar-refractivity contribution is 0.700. The molecule has 0 fully saturated rings. The lowest BCUT2D eigenvalue weighted by atomic mass is 9.97. The van der Waals surface area contributed by atoms with Gasteiger partial charge in [0.2, 0.25) is 0 Å². The fourth-order valence-electron chi connectivity index (χ4n) is 3.78. The average molecular weight is 396 g/mol. The Hall–Kier alpha value is -2.12. The zero-order chi connectivity index (χ0) is 18.2. The number of fused-ring (bicyclic) bond motifs is 4. The molecule has 0 saturated heterocycles. The Labute approximate surface area is 166 Å². The van der Waals surface area contributed by atoms with E-state index in [1.165, 1.54) is 35.1 Å². The number of hydrogen-bond acceptors (Lipinski definition) is 6. The summed E-state index contributed by atoms with van der Waals surface area (Å²) < 4.78 is 0. The third kappa shape index (κ3) is 3.19. The molecular weight excluding hydrogens is 374 g/mol. The number of rotatable bonds is 5. The van der Waals surface area contributed by atoms with Crippen LogP contribution in [0.2, 0.25) is 0 Å². The highest BCUT2D eigenvalue weighted by Gasteiger charge is 2.21. The smallest absolute Gasteiger partial charge is 0.190 e. The highest BCUT2D eigenvalue weighted by molar-refractivity contribution is 7.98. The lowest BCUT2D eigenvalue weighted by Gasteiger charge is -2.13. The first-order chi connectivity index (χ1) is 13.3. The van der Waals surface area contributed by atoms with Crippen molar-refractivity contribution >= 4 is 50.2 Å². The lowest BCUT2D eigenvalue weighted by Crippen LogP contribution is -2.09. The summed E-state index contributed by atoms with van der Waals surface area (Å²) in [6, 6.07) is 8.16. The summed E-state index contributed by atoms with van der Waals surface area (Å²) in [4.78, 5) is 20.3. The van der Waals surface area contributed by atoms with E-state index in [4.69, 9.17) is 9.97 Å². The van der Waals surface area contributed by atoms with E-state index in [1.807, 2.05) is 35.8 Å². The van der Waals surface area contributed by atoms with Crippen LogP contribution in [0.15, 0.2) is 29.4 Å². The fourth-order valence-corrected chi connectivity index (χ4v) is 5.46. The van der Waals surface area contributed by atoms with Gasteiger partial charge in [-0.1, -0.05) is 23.9 Å². The number of nitrogens with zero attached hydrogens (tertiary/aromatic N) is 3. The number of aromatic amines is 1. The van der Waals surface area contributed by atoms with Gasteiger partial charge in [0, 0.05) is 17.8 Å². The van der Waals surface area contributed by atoms with E-state index in [9.17, 15) is 0 Å². The second-order valence-electron chi connectivity index (χ2n) is 6.83. The van der Waals surface area contributed by atoms with E-state index >= 15 is 0 Å². The molecule has 5 rings (SSSR count). The van der Waals surface area contributed by atoms with Crippen LogP contribution < -0.4 is 5.32 Å². The molecule has 7 heteroatoms. The van der Waals surface area contributed by atoms with Crippen LogP contribution >= 0.6 is 23.1 Å². The van der Waals surface area contributed by atoms with E-state index in [0.717, 1.165) is 52.0 Å². The van der Waals surface area contributed by atoms with Crippen molar-refractivity contribution in [1.29, 1.82) is 0 Å². The number of hydrogen-bond donors (Lipinski definition) is 2. The van der Waals surface area contributed by atoms with Gasteiger partial charge in [-0.15, -0.1) is 11.3 Å². The predicted molar refractivity (Wildman–Crippen MR) is 114 cm³/mol. The van der Waals surface area contributed by atoms with Crippen molar-refractivity contribution in [1.82, 2.24) is 19.9 Å². The number of benzene rings is 1. The molecule has 2 N–H and O–H groups in total. The summed E-state index contributed by atoms with van der Waals surface area (Å²) in [6.45, 7) is 0.796. The van der Waals surface area contributed by atoms with Crippen molar-refractivity contribution in [2.45, 2.75) is 37.3 Å². The first kappa shape index (κ1) is 17.0. The minimum atomic E-state index is 0.796. The molecule has 0 amide bonds. The average Bonchev–Trinajstić information content (AvgIpc) is 3.28. The van der Waals surface area contributed by atoms with Crippen LogP contribution in [0.1, 0.15) is 29.1 Å². The molecule has 1 aliphatic rings. The van der Waals surface area contributed by atoms with E-state index in [2.05, 4.69) is 21.4 Å². The fraction of sp³-hybridized carbons (Fsp3) is 0.350. The van der Waals surface area contributed by atoms with E-state index in [0.29, 0.717) is 0 Å². The minimum absolute atomic E-state index is 0.796. The van der Waals surface area contributed by atoms with Crippen molar-refractivity contribution in [3.63, 3.8) is 0 Å². The number of H-pyrrole nitrogens is 1. The van der Waals surface area contributed by atoms with Crippen LogP contribution in [0.5, 0.6) is 0 Å². The van der Waals surface area contributed by atoms with Gasteiger partial charge in [-0.25, -0.2) is 15.0 Å². The standard InChI is InChI=1S/C20H21N5S2/c1-26-20-24-18(17-12-6-2-5-9-15(12)27-19(17)25-20)21-11-10-16-22-13-7-3-4-8-14(13)23-16/h3-4,7-8H,2,5-6,9-11H2,1H3,(H,22,23)(H,21,24,25). The van der Waals surface area contributed by atoms with Crippen molar-refractivity contribution in [2.75, 3.05) is 18.1 Å². The summed E-state index contributed by atoms with van der Waals surface area (Å²) in [5, 5.41) is 5.66. The summed E-state index contributed by atoms with van der Waals surface area (Å²) in [5.74, 6) is 1.99. The number of anilines is 1. The molecule has 27 heavy (non-hydrogen) atoms. The van der Waals surface area contributed by atoms with Gasteiger partial charge in [0.15, 0.2) is 5.16 Å². The number of nitrogens with one attached hydrogen (secondary N) is 2. The predicted octanol–water partition coefficient (Wildman–Crippen LogP) is 4.82. The minimum Gasteiger partial charge on any atom is -0.369 e. The number of thiophene rings is 1. The summed E-state index contributed by atoms with van der Waals surface area (Å²) in [5.41, 5.74) is 3.59. The number of aryl methyl sites for hydroxylation is 2. The van der Waals surface area contributed by atoms with Gasteiger partial charge in [-0.3, -0.25) is 0 Å². The zero-order valence-electron chi connectivity index (χ0n) is 15.2. The van der Waals surface area contributed by atoms with Crippen LogP contribution in [0, 0.1) is 0 Å². The molecule has 0 spiro atoms. The van der Waals surface area contributed by atoms with E-state index < -0.39 is 0 Å². The van der Waals surface area contributed by atoms with Gasteiger partial charge in [0.25, 0.3) is 0 Å². The third-order valence-corrected chi connectivity index (χ3v) is 6.80. The van der Waals surface area contributed by atoms with Crippen molar-refractivity contribution in [3.05, 3.63) is 40.5 Å². The Bertz CT molecular complexity index is 1080. The van der Waals surface area contributed by atoms with E-state index in [-0.39, 0.29) is 0 Å². The monoisotopic (exact) mass is 395 g/mol. The van der Waals surface area contributed by atoms with Crippen LogP contribution in [0.25, 0.3) is 21.3 Å². The molecule has 0 aliphatic heterocycles. The molecule has 1 aliphatic carbocycles. The molecule has 0 bridgehead atoms. The Morgan fingerprint density at radius 3 is 2.93 bits per heavy atom. The van der Waals surface area contributed by atoms with Crippen molar-refractivity contribution in [3.8, 4) is 0 Å². The maximum atomic E-state index is 4.79. The Balaban J connectivity index is 1.42. The third-order valence-electron chi connectivity index (χ3n) is 5.07. The topological polar surface area (TPSA) is 66.5 Å². The number of thioether (sulfide) groups is 1. The molecule has 3 heterocycles. The molecule has 5 nitrogen and oxygen atoms in total. The first-order valence-corrected chi connectivity index (χ1v) is 11.4. The highest BCUT2D eigenvalue weighted by Crippen LogP contribution is 2.39.